The van der Waals surface area contributed by atoms with Crippen LogP contribution < -0.4 is 5.32 Å². The van der Waals surface area contributed by atoms with Gasteiger partial charge in [-0.05, 0) is 18.9 Å². The molecular formula is C15H17F2NO3S. The van der Waals surface area contributed by atoms with E-state index in [0.717, 1.165) is 18.6 Å². The van der Waals surface area contributed by atoms with Crippen LogP contribution in [0.2, 0.25) is 0 Å². The third kappa shape index (κ3) is 3.58. The summed E-state index contributed by atoms with van der Waals surface area (Å²) in [6.45, 7) is 0.321. The van der Waals surface area contributed by atoms with E-state index in [9.17, 15) is 18.4 Å². The molecule has 0 unspecified atom stereocenters. The van der Waals surface area contributed by atoms with Gasteiger partial charge in [0.2, 0.25) is 5.91 Å². The molecule has 1 fully saturated rings. The van der Waals surface area contributed by atoms with Crippen molar-refractivity contribution < 1.29 is 23.5 Å². The van der Waals surface area contributed by atoms with Gasteiger partial charge in [-0.2, -0.15) is 0 Å². The van der Waals surface area contributed by atoms with Crippen molar-refractivity contribution in [2.75, 3.05) is 18.1 Å². The second-order valence-corrected chi connectivity index (χ2v) is 6.37. The summed E-state index contributed by atoms with van der Waals surface area (Å²) in [6, 6.07) is 3.29. The summed E-state index contributed by atoms with van der Waals surface area (Å²) in [4.78, 5) is 22.8. The van der Waals surface area contributed by atoms with Crippen LogP contribution >= 0.6 is 11.8 Å². The summed E-state index contributed by atoms with van der Waals surface area (Å²) < 4.78 is 27.0. The molecule has 0 spiro atoms. The van der Waals surface area contributed by atoms with Gasteiger partial charge >= 0.3 is 5.97 Å². The number of carboxylic acids is 1. The smallest absolute Gasteiger partial charge is 0.313 e. The molecule has 1 amide bonds. The number of amides is 1. The molecule has 0 atom stereocenters. The number of rotatable bonds is 7. The lowest BCUT2D eigenvalue weighted by atomic mass is 9.63. The van der Waals surface area contributed by atoms with Crippen LogP contribution in [-0.2, 0) is 15.0 Å². The van der Waals surface area contributed by atoms with Crippen molar-refractivity contribution in [3.05, 3.63) is 35.4 Å². The number of hydrogen-bond donors (Lipinski definition) is 2. The molecule has 0 radical (unpaired) electrons. The molecule has 2 rings (SSSR count). The van der Waals surface area contributed by atoms with Crippen LogP contribution in [0.1, 0.15) is 24.8 Å². The van der Waals surface area contributed by atoms with E-state index in [1.165, 1.54) is 17.8 Å². The number of carboxylic acid groups (broad SMARTS) is 1. The molecule has 0 saturated heterocycles. The summed E-state index contributed by atoms with van der Waals surface area (Å²) in [7, 11) is 0. The lowest BCUT2D eigenvalue weighted by Crippen LogP contribution is -2.50. The zero-order valence-corrected chi connectivity index (χ0v) is 12.7. The summed E-state index contributed by atoms with van der Waals surface area (Å²) in [5, 5.41) is 11.2. The highest BCUT2D eigenvalue weighted by molar-refractivity contribution is 7.99. The van der Waals surface area contributed by atoms with Gasteiger partial charge in [0.1, 0.15) is 11.6 Å². The number of benzene rings is 1. The molecule has 1 aromatic carbocycles. The molecule has 120 valence electrons. The average molecular weight is 329 g/mol. The van der Waals surface area contributed by atoms with Crippen LogP contribution in [-0.4, -0.2) is 35.0 Å². The minimum absolute atomic E-state index is 0.0202. The molecule has 1 saturated carbocycles. The topological polar surface area (TPSA) is 66.4 Å². The fourth-order valence-electron chi connectivity index (χ4n) is 2.59. The molecular weight excluding hydrogens is 312 g/mol. The predicted octanol–water partition coefficient (Wildman–Crippen LogP) is 2.32. The molecule has 1 aliphatic rings. The number of thioether (sulfide) groups is 1. The monoisotopic (exact) mass is 329 g/mol. The van der Waals surface area contributed by atoms with E-state index < -0.39 is 23.0 Å². The molecule has 1 aromatic rings. The van der Waals surface area contributed by atoms with Crippen molar-refractivity contribution >= 4 is 23.6 Å². The number of carbonyl (C=O) groups is 2. The van der Waals surface area contributed by atoms with E-state index >= 15 is 0 Å². The molecule has 0 bridgehead atoms. The number of halogens is 2. The van der Waals surface area contributed by atoms with E-state index in [2.05, 4.69) is 5.32 Å². The third-order valence-corrected chi connectivity index (χ3v) is 4.79. The fourth-order valence-corrected chi connectivity index (χ4v) is 3.16. The van der Waals surface area contributed by atoms with Crippen molar-refractivity contribution in [1.82, 2.24) is 5.32 Å². The maximum absolute atomic E-state index is 14.0. The Morgan fingerprint density at radius 2 is 2.05 bits per heavy atom. The number of carbonyl (C=O) groups excluding carboxylic acids is 1. The van der Waals surface area contributed by atoms with Gasteiger partial charge in [0.05, 0.1) is 11.2 Å². The van der Waals surface area contributed by atoms with Crippen molar-refractivity contribution in [2.45, 2.75) is 24.7 Å². The second-order valence-electron chi connectivity index (χ2n) is 5.26. The van der Waals surface area contributed by atoms with Crippen LogP contribution in [0.5, 0.6) is 0 Å². The maximum Gasteiger partial charge on any atom is 0.313 e. The number of hydrogen-bond acceptors (Lipinski definition) is 3. The van der Waals surface area contributed by atoms with Crippen LogP contribution in [0.4, 0.5) is 8.78 Å². The molecule has 1 aliphatic carbocycles. The summed E-state index contributed by atoms with van der Waals surface area (Å²) in [5.41, 5.74) is -0.689. The van der Waals surface area contributed by atoms with E-state index in [1.54, 1.807) is 0 Å². The van der Waals surface area contributed by atoms with Crippen LogP contribution in [0.15, 0.2) is 18.2 Å². The van der Waals surface area contributed by atoms with Crippen molar-refractivity contribution in [2.24, 2.45) is 0 Å². The lowest BCUT2D eigenvalue weighted by Gasteiger charge is -2.40. The molecule has 7 heteroatoms. The summed E-state index contributed by atoms with van der Waals surface area (Å²) in [5.74, 6) is -2.09. The quantitative estimate of drug-likeness (QED) is 0.754. The number of aliphatic carboxylic acids is 1. The van der Waals surface area contributed by atoms with Gasteiger partial charge < -0.3 is 10.4 Å². The first-order chi connectivity index (χ1) is 10.5. The Morgan fingerprint density at radius 3 is 2.59 bits per heavy atom. The van der Waals surface area contributed by atoms with Gasteiger partial charge in [-0.15, -0.1) is 11.8 Å². The Kier molecular flexibility index (Phi) is 5.39. The Balaban J connectivity index is 1.98. The first-order valence-corrected chi connectivity index (χ1v) is 8.14. The molecule has 0 aliphatic heterocycles. The Bertz CT molecular complexity index is 576. The van der Waals surface area contributed by atoms with Crippen LogP contribution in [0.25, 0.3) is 0 Å². The molecule has 2 N–H and O–H groups in total. The summed E-state index contributed by atoms with van der Waals surface area (Å²) >= 11 is 1.20. The van der Waals surface area contributed by atoms with Gasteiger partial charge in [-0.3, -0.25) is 9.59 Å². The van der Waals surface area contributed by atoms with Crippen molar-refractivity contribution in [1.29, 1.82) is 0 Å². The van der Waals surface area contributed by atoms with Gasteiger partial charge in [0.15, 0.2) is 0 Å². The predicted molar refractivity (Wildman–Crippen MR) is 79.9 cm³/mol. The zero-order chi connectivity index (χ0) is 16.2. The molecule has 22 heavy (non-hydrogen) atoms. The van der Waals surface area contributed by atoms with Gasteiger partial charge in [-0.1, -0.05) is 12.5 Å². The maximum atomic E-state index is 14.0. The molecule has 0 heterocycles. The first kappa shape index (κ1) is 16.7. The zero-order valence-electron chi connectivity index (χ0n) is 11.9. The van der Waals surface area contributed by atoms with Gasteiger partial charge in [0, 0.05) is 23.9 Å². The largest absolute Gasteiger partial charge is 0.481 e. The van der Waals surface area contributed by atoms with Gasteiger partial charge in [0.25, 0.3) is 0 Å². The Morgan fingerprint density at radius 1 is 1.32 bits per heavy atom. The van der Waals surface area contributed by atoms with E-state index in [1.807, 2.05) is 0 Å². The minimum atomic E-state index is -0.921. The molecule has 0 aromatic heterocycles. The normalized spacial score (nSPS) is 15.9. The van der Waals surface area contributed by atoms with E-state index in [-0.39, 0.29) is 17.2 Å². The Hall–Kier alpha value is -1.63. The second kappa shape index (κ2) is 7.09. The number of nitrogens with one attached hydrogen (secondary N) is 1. The lowest BCUT2D eigenvalue weighted by molar-refractivity contribution is -0.134. The van der Waals surface area contributed by atoms with Crippen LogP contribution in [0, 0.1) is 11.6 Å². The molecule has 4 nitrogen and oxygen atoms in total. The SMILES string of the molecule is O=C(O)CSCCNC(=O)C1(c2ccc(F)cc2F)CCC1. The van der Waals surface area contributed by atoms with E-state index in [4.69, 9.17) is 5.11 Å². The van der Waals surface area contributed by atoms with Crippen molar-refractivity contribution in [3.8, 4) is 0 Å². The highest BCUT2D eigenvalue weighted by Crippen LogP contribution is 2.45. The van der Waals surface area contributed by atoms with Gasteiger partial charge in [-0.25, -0.2) is 8.78 Å². The van der Waals surface area contributed by atoms with Crippen LogP contribution in [0.3, 0.4) is 0 Å². The minimum Gasteiger partial charge on any atom is -0.481 e. The fraction of sp³-hybridized carbons (Fsp3) is 0.467. The summed E-state index contributed by atoms with van der Waals surface area (Å²) in [6.07, 6.45) is 1.88. The standard InChI is InChI=1S/C15H17F2NO3S/c16-10-2-3-11(12(17)8-10)15(4-1-5-15)14(21)18-6-7-22-9-13(19)20/h2-3,8H,1,4-7,9H2,(H,18,21)(H,19,20). The highest BCUT2D eigenvalue weighted by atomic mass is 32.2. The average Bonchev–Trinajstić information content (AvgIpc) is 2.39. The van der Waals surface area contributed by atoms with Crippen molar-refractivity contribution in [3.63, 3.8) is 0 Å². The highest BCUT2D eigenvalue weighted by Gasteiger charge is 2.47. The third-order valence-electron chi connectivity index (χ3n) is 3.85. The Labute approximate surface area is 131 Å². The van der Waals surface area contributed by atoms with E-state index in [0.29, 0.717) is 25.1 Å². The first-order valence-electron chi connectivity index (χ1n) is 6.99.